The molecule has 1 N–H and O–H groups in total. The van der Waals surface area contributed by atoms with E-state index in [2.05, 4.69) is 43.9 Å². The summed E-state index contributed by atoms with van der Waals surface area (Å²) in [5, 5.41) is 5.21. The van der Waals surface area contributed by atoms with Crippen LogP contribution >= 0.6 is 45.5 Å². The van der Waals surface area contributed by atoms with Gasteiger partial charge < -0.3 is 14.8 Å². The Kier molecular flexibility index (Phi) is 6.22. The number of ether oxygens (including phenoxy) is 2. The van der Waals surface area contributed by atoms with E-state index in [4.69, 9.17) is 21.1 Å². The highest BCUT2D eigenvalue weighted by atomic mass is 127. The van der Waals surface area contributed by atoms with Gasteiger partial charge in [-0.1, -0.05) is 63.7 Å². The molecule has 8 heteroatoms. The third-order valence-electron chi connectivity index (χ3n) is 5.67. The van der Waals surface area contributed by atoms with Crippen molar-refractivity contribution >= 4 is 60.9 Å². The Morgan fingerprint density at radius 2 is 2.07 bits per heavy atom. The Morgan fingerprint density at radius 3 is 2.90 bits per heavy atom. The Balaban J connectivity index is 1.13. The van der Waals surface area contributed by atoms with Crippen molar-refractivity contribution in [1.82, 2.24) is 9.88 Å². The molecule has 30 heavy (non-hydrogen) atoms. The molecule has 0 saturated carbocycles. The van der Waals surface area contributed by atoms with Crippen molar-refractivity contribution in [3.63, 3.8) is 0 Å². The molecular weight excluding hydrogens is 533 g/mol. The van der Waals surface area contributed by atoms with Gasteiger partial charge in [0.15, 0.2) is 16.6 Å². The molecule has 0 radical (unpaired) electrons. The Bertz CT molecular complexity index is 1030. The van der Waals surface area contributed by atoms with Crippen LogP contribution in [0.3, 0.4) is 0 Å². The molecule has 5 rings (SSSR count). The fourth-order valence-electron chi connectivity index (χ4n) is 4.06. The smallest absolute Gasteiger partial charge is 0.183 e. The molecular formula is C22H23ClIN3O2S. The van der Waals surface area contributed by atoms with Gasteiger partial charge in [0.2, 0.25) is 0 Å². The average Bonchev–Trinajstić information content (AvgIpc) is 3.18. The summed E-state index contributed by atoms with van der Waals surface area (Å²) in [5.74, 6) is 2.34. The van der Waals surface area contributed by atoms with Crippen molar-refractivity contribution in [2.24, 2.45) is 5.92 Å². The van der Waals surface area contributed by atoms with E-state index in [9.17, 15) is 0 Å². The maximum Gasteiger partial charge on any atom is 0.183 e. The minimum Gasteiger partial charge on any atom is -0.486 e. The molecule has 3 unspecified atom stereocenters. The van der Waals surface area contributed by atoms with Crippen LogP contribution in [0.4, 0.5) is 5.13 Å². The lowest BCUT2D eigenvalue weighted by Crippen LogP contribution is -2.47. The number of para-hydroxylation sites is 3. The van der Waals surface area contributed by atoms with E-state index in [0.29, 0.717) is 21.6 Å². The minimum atomic E-state index is 0.0827. The molecule has 2 aliphatic heterocycles. The zero-order valence-corrected chi connectivity index (χ0v) is 20.1. The molecule has 0 amide bonds. The summed E-state index contributed by atoms with van der Waals surface area (Å²) < 4.78 is 13.7. The van der Waals surface area contributed by atoms with Gasteiger partial charge in [0.05, 0.1) is 13.8 Å². The lowest BCUT2D eigenvalue weighted by molar-refractivity contribution is 0.0455. The van der Waals surface area contributed by atoms with E-state index >= 15 is 0 Å². The number of nitrogens with one attached hydrogen (secondary N) is 1. The number of aromatic nitrogens is 1. The molecule has 1 aromatic heterocycles. The summed E-state index contributed by atoms with van der Waals surface area (Å²) in [4.78, 5) is 7.18. The van der Waals surface area contributed by atoms with Crippen molar-refractivity contribution in [1.29, 1.82) is 0 Å². The second-order valence-corrected chi connectivity index (χ2v) is 10.7. The molecule has 5 nitrogen and oxygen atoms in total. The number of alkyl halides is 1. The maximum atomic E-state index is 6.25. The van der Waals surface area contributed by atoms with Crippen molar-refractivity contribution < 1.29 is 9.47 Å². The number of piperidine rings is 1. The van der Waals surface area contributed by atoms with E-state index in [0.717, 1.165) is 52.9 Å². The van der Waals surface area contributed by atoms with Gasteiger partial charge in [0, 0.05) is 13.1 Å². The zero-order valence-electron chi connectivity index (χ0n) is 16.4. The van der Waals surface area contributed by atoms with E-state index in [1.54, 1.807) is 11.3 Å². The fraction of sp³-hybridized carbons (Fsp3) is 0.409. The van der Waals surface area contributed by atoms with Crippen molar-refractivity contribution in [2.75, 3.05) is 31.6 Å². The van der Waals surface area contributed by atoms with Gasteiger partial charge >= 0.3 is 0 Å². The molecule has 1 fully saturated rings. The van der Waals surface area contributed by atoms with Crippen LogP contribution in [0.15, 0.2) is 42.5 Å². The maximum absolute atomic E-state index is 6.25. The van der Waals surface area contributed by atoms with Crippen molar-refractivity contribution in [3.8, 4) is 11.5 Å². The van der Waals surface area contributed by atoms with Crippen LogP contribution in [0.2, 0.25) is 5.02 Å². The normalized spacial score (nSPS) is 24.1. The Morgan fingerprint density at radius 1 is 1.20 bits per heavy atom. The standard InChI is InChI=1S/C22H23ClIN3O2S/c23-16-4-3-7-19-21(16)26-22(30-19)25-11-14-8-9-27(20(24)10-14)12-15-13-28-17-5-1-2-6-18(17)29-15/h1-7,14-15,20H,8-13H2,(H,25,26). The highest BCUT2D eigenvalue weighted by molar-refractivity contribution is 14.1. The lowest BCUT2D eigenvalue weighted by Gasteiger charge is -2.39. The number of thiazole rings is 1. The molecule has 0 spiro atoms. The van der Waals surface area contributed by atoms with Crippen LogP contribution in [-0.2, 0) is 0 Å². The largest absolute Gasteiger partial charge is 0.486 e. The number of halogens is 2. The average molecular weight is 556 g/mol. The number of nitrogens with zero attached hydrogens (tertiary/aromatic N) is 2. The Hall–Kier alpha value is -1.29. The van der Waals surface area contributed by atoms with Crippen LogP contribution in [0.1, 0.15) is 12.8 Å². The fourth-order valence-corrected chi connectivity index (χ4v) is 6.46. The van der Waals surface area contributed by atoms with Gasteiger partial charge in [-0.05, 0) is 49.6 Å². The van der Waals surface area contributed by atoms with E-state index in [1.807, 2.05) is 36.4 Å². The second kappa shape index (κ2) is 9.06. The second-order valence-electron chi connectivity index (χ2n) is 7.80. The number of anilines is 1. The van der Waals surface area contributed by atoms with Crippen molar-refractivity contribution in [3.05, 3.63) is 47.5 Å². The first-order valence-electron chi connectivity index (χ1n) is 10.2. The molecule has 3 aromatic rings. The lowest BCUT2D eigenvalue weighted by atomic mass is 9.96. The number of hydrogen-bond donors (Lipinski definition) is 1. The highest BCUT2D eigenvalue weighted by Gasteiger charge is 2.30. The summed E-state index contributed by atoms with van der Waals surface area (Å²) in [5.41, 5.74) is 0.893. The molecule has 1 saturated heterocycles. The van der Waals surface area contributed by atoms with E-state index in [1.165, 1.54) is 6.42 Å². The number of benzene rings is 2. The predicted molar refractivity (Wildman–Crippen MR) is 132 cm³/mol. The number of hydrogen-bond acceptors (Lipinski definition) is 6. The van der Waals surface area contributed by atoms with Gasteiger partial charge in [-0.15, -0.1) is 0 Å². The van der Waals surface area contributed by atoms with Crippen LogP contribution in [0, 0.1) is 5.92 Å². The summed E-state index contributed by atoms with van der Waals surface area (Å²) in [6, 6.07) is 13.8. The minimum absolute atomic E-state index is 0.0827. The third kappa shape index (κ3) is 4.49. The molecule has 158 valence electrons. The van der Waals surface area contributed by atoms with E-state index < -0.39 is 0 Å². The number of rotatable bonds is 5. The molecule has 3 heterocycles. The van der Waals surface area contributed by atoms with Gasteiger partial charge in [-0.3, -0.25) is 4.90 Å². The highest BCUT2D eigenvalue weighted by Crippen LogP contribution is 2.34. The zero-order chi connectivity index (χ0) is 20.5. The molecule has 2 aliphatic rings. The summed E-state index contributed by atoms with van der Waals surface area (Å²) in [6.07, 6.45) is 2.41. The molecule has 2 aromatic carbocycles. The van der Waals surface area contributed by atoms with Crippen molar-refractivity contribution in [2.45, 2.75) is 23.0 Å². The SMILES string of the molecule is Clc1cccc2sc(NCC3CCN(CC4COc5ccccc5O4)C(I)C3)nc12. The molecule has 0 bridgehead atoms. The molecule has 0 aliphatic carbocycles. The van der Waals surface area contributed by atoms with Crippen LogP contribution < -0.4 is 14.8 Å². The van der Waals surface area contributed by atoms with Crippen LogP contribution in [0.25, 0.3) is 10.2 Å². The first kappa shape index (κ1) is 20.6. The van der Waals surface area contributed by atoms with Gasteiger partial charge in [-0.2, -0.15) is 0 Å². The number of fused-ring (bicyclic) bond motifs is 2. The first-order valence-corrected chi connectivity index (χ1v) is 12.7. The Labute approximate surface area is 198 Å². The van der Waals surface area contributed by atoms with Gasteiger partial charge in [0.1, 0.15) is 18.2 Å². The summed E-state index contributed by atoms with van der Waals surface area (Å²) >= 11 is 10.5. The summed E-state index contributed by atoms with van der Waals surface area (Å²) in [7, 11) is 0. The quantitative estimate of drug-likeness (QED) is 0.250. The van der Waals surface area contributed by atoms with Crippen LogP contribution in [0.5, 0.6) is 11.5 Å². The van der Waals surface area contributed by atoms with Crippen LogP contribution in [-0.4, -0.2) is 46.3 Å². The number of likely N-dealkylation sites (tertiary alicyclic amines) is 1. The monoisotopic (exact) mass is 555 g/mol. The topological polar surface area (TPSA) is 46.6 Å². The molecule has 3 atom stereocenters. The predicted octanol–water partition coefficient (Wildman–Crippen LogP) is 5.67. The third-order valence-corrected chi connectivity index (χ3v) is 8.25. The first-order chi connectivity index (χ1) is 14.7. The van der Waals surface area contributed by atoms with Gasteiger partial charge in [0.25, 0.3) is 0 Å². The summed E-state index contributed by atoms with van der Waals surface area (Å²) in [6.45, 7) is 3.54. The van der Waals surface area contributed by atoms with Gasteiger partial charge in [-0.25, -0.2) is 4.98 Å². The van der Waals surface area contributed by atoms with E-state index in [-0.39, 0.29) is 6.10 Å².